The second kappa shape index (κ2) is 8.68. The summed E-state index contributed by atoms with van der Waals surface area (Å²) in [5.74, 6) is -0.965. The Morgan fingerprint density at radius 1 is 1.30 bits per heavy atom. The number of rotatable bonds is 6. The lowest BCUT2D eigenvalue weighted by atomic mass is 10.2. The quantitative estimate of drug-likeness (QED) is 0.762. The number of benzene rings is 1. The molecule has 1 unspecified atom stereocenters. The molecule has 0 aromatic heterocycles. The highest BCUT2D eigenvalue weighted by atomic mass is 16.7. The van der Waals surface area contributed by atoms with Gasteiger partial charge in [0.05, 0.1) is 5.70 Å². The van der Waals surface area contributed by atoms with E-state index in [9.17, 15) is 14.4 Å². The van der Waals surface area contributed by atoms with Crippen LogP contribution in [0.1, 0.15) is 25.3 Å². The summed E-state index contributed by atoms with van der Waals surface area (Å²) in [6.45, 7) is 2.67. The molecule has 0 saturated carbocycles. The van der Waals surface area contributed by atoms with Crippen molar-refractivity contribution in [3.05, 3.63) is 47.7 Å². The third kappa shape index (κ3) is 4.65. The Labute approximate surface area is 157 Å². The summed E-state index contributed by atoms with van der Waals surface area (Å²) in [6.07, 6.45) is 0.942. The zero-order valence-corrected chi connectivity index (χ0v) is 15.1. The van der Waals surface area contributed by atoms with Crippen molar-refractivity contribution in [3.8, 4) is 0 Å². The van der Waals surface area contributed by atoms with Gasteiger partial charge in [-0.3, -0.25) is 9.69 Å². The van der Waals surface area contributed by atoms with Gasteiger partial charge < -0.3 is 19.5 Å². The van der Waals surface area contributed by atoms with E-state index in [-0.39, 0.29) is 12.3 Å². The summed E-state index contributed by atoms with van der Waals surface area (Å²) in [4.78, 5) is 37.8. The zero-order chi connectivity index (χ0) is 19.2. The first kappa shape index (κ1) is 18.9. The summed E-state index contributed by atoms with van der Waals surface area (Å²) in [7, 11) is 0. The van der Waals surface area contributed by atoms with Crippen LogP contribution in [-0.2, 0) is 30.4 Å². The minimum absolute atomic E-state index is 0.143. The van der Waals surface area contributed by atoms with Crippen molar-refractivity contribution >= 4 is 18.0 Å². The van der Waals surface area contributed by atoms with Gasteiger partial charge in [-0.15, -0.1) is 0 Å². The molecule has 8 nitrogen and oxygen atoms in total. The van der Waals surface area contributed by atoms with Crippen molar-refractivity contribution < 1.29 is 28.6 Å². The number of carbonyl (C=O) groups excluding carboxylic acids is 3. The average Bonchev–Trinajstić information content (AvgIpc) is 3.28. The van der Waals surface area contributed by atoms with Gasteiger partial charge in [0.25, 0.3) is 0 Å². The number of cyclic esters (lactones) is 1. The molecule has 0 spiro atoms. The van der Waals surface area contributed by atoms with E-state index in [2.05, 4.69) is 5.32 Å². The summed E-state index contributed by atoms with van der Waals surface area (Å²) < 4.78 is 15.6. The molecular formula is C19H22N2O6. The predicted molar refractivity (Wildman–Crippen MR) is 94.1 cm³/mol. The van der Waals surface area contributed by atoms with Crippen LogP contribution in [-0.4, -0.2) is 48.4 Å². The molecule has 0 radical (unpaired) electrons. The highest BCUT2D eigenvalue weighted by Gasteiger charge is 2.37. The van der Waals surface area contributed by atoms with Crippen LogP contribution < -0.4 is 5.32 Å². The van der Waals surface area contributed by atoms with Gasteiger partial charge in [-0.2, -0.15) is 0 Å². The highest BCUT2D eigenvalue weighted by molar-refractivity contribution is 5.91. The fourth-order valence-corrected chi connectivity index (χ4v) is 3.05. The van der Waals surface area contributed by atoms with E-state index >= 15 is 0 Å². The van der Waals surface area contributed by atoms with Crippen LogP contribution in [0.15, 0.2) is 42.1 Å². The molecule has 1 aromatic rings. The summed E-state index contributed by atoms with van der Waals surface area (Å²) in [5.41, 5.74) is 1.12. The van der Waals surface area contributed by atoms with Gasteiger partial charge >= 0.3 is 12.1 Å². The number of ether oxygens (including phenoxy) is 3. The minimum Gasteiger partial charge on any atom is -0.445 e. The van der Waals surface area contributed by atoms with Crippen LogP contribution in [0, 0.1) is 0 Å². The van der Waals surface area contributed by atoms with E-state index in [1.165, 1.54) is 11.0 Å². The molecule has 3 rings (SSSR count). The SMILES string of the molecule is CCOC1OC(=O)C=C1NC(=O)[C@H]1CCCN1C(=O)OCc1ccccc1. The molecule has 0 aliphatic carbocycles. The van der Waals surface area contributed by atoms with E-state index in [0.29, 0.717) is 26.0 Å². The fourth-order valence-electron chi connectivity index (χ4n) is 3.05. The van der Waals surface area contributed by atoms with Gasteiger partial charge in [0.1, 0.15) is 12.6 Å². The Hall–Kier alpha value is -2.87. The molecule has 2 aliphatic rings. The topological polar surface area (TPSA) is 94.2 Å². The first-order chi connectivity index (χ1) is 13.1. The lowest BCUT2D eigenvalue weighted by Crippen LogP contribution is -2.46. The van der Waals surface area contributed by atoms with Gasteiger partial charge in [-0.05, 0) is 25.3 Å². The van der Waals surface area contributed by atoms with Crippen molar-refractivity contribution in [2.45, 2.75) is 38.7 Å². The number of esters is 1. The minimum atomic E-state index is -0.925. The third-order valence-electron chi connectivity index (χ3n) is 4.33. The van der Waals surface area contributed by atoms with Gasteiger partial charge in [0.15, 0.2) is 0 Å². The predicted octanol–water partition coefficient (Wildman–Crippen LogP) is 1.71. The van der Waals surface area contributed by atoms with E-state index in [4.69, 9.17) is 14.2 Å². The second-order valence-corrected chi connectivity index (χ2v) is 6.20. The molecule has 2 amide bonds. The fraction of sp³-hybridized carbons (Fsp3) is 0.421. The van der Waals surface area contributed by atoms with Crippen LogP contribution in [0.2, 0.25) is 0 Å². The van der Waals surface area contributed by atoms with Crippen molar-refractivity contribution in [1.29, 1.82) is 0 Å². The number of carbonyl (C=O) groups is 3. The molecule has 144 valence electrons. The average molecular weight is 374 g/mol. The van der Waals surface area contributed by atoms with Crippen LogP contribution in [0.4, 0.5) is 4.79 Å². The van der Waals surface area contributed by atoms with Gasteiger partial charge in [-0.1, -0.05) is 30.3 Å². The standard InChI is InChI=1S/C19H22N2O6/c1-2-25-18-14(11-16(22)27-18)20-17(23)15-9-6-10-21(15)19(24)26-12-13-7-4-3-5-8-13/h3-5,7-8,11,15,18H,2,6,9-10,12H2,1H3,(H,20,23)/t15-,18?/m1/s1. The third-order valence-corrected chi connectivity index (χ3v) is 4.33. The van der Waals surface area contributed by atoms with E-state index < -0.39 is 30.3 Å². The monoisotopic (exact) mass is 374 g/mol. The number of nitrogens with one attached hydrogen (secondary N) is 1. The lowest BCUT2D eigenvalue weighted by molar-refractivity contribution is -0.159. The number of amides is 2. The second-order valence-electron chi connectivity index (χ2n) is 6.20. The largest absolute Gasteiger partial charge is 0.445 e. The molecule has 2 aliphatic heterocycles. The number of hydrogen-bond acceptors (Lipinski definition) is 6. The van der Waals surface area contributed by atoms with Crippen molar-refractivity contribution in [1.82, 2.24) is 10.2 Å². The summed E-state index contributed by atoms with van der Waals surface area (Å²) >= 11 is 0. The molecule has 8 heteroatoms. The molecule has 1 fully saturated rings. The number of likely N-dealkylation sites (tertiary alicyclic amines) is 1. The molecular weight excluding hydrogens is 352 g/mol. The maximum absolute atomic E-state index is 12.6. The summed E-state index contributed by atoms with van der Waals surface area (Å²) in [6, 6.07) is 8.67. The normalized spacial score (nSPS) is 21.6. The van der Waals surface area contributed by atoms with Crippen LogP contribution in [0.25, 0.3) is 0 Å². The van der Waals surface area contributed by atoms with Crippen LogP contribution in [0.5, 0.6) is 0 Å². The molecule has 2 heterocycles. The van der Waals surface area contributed by atoms with E-state index in [0.717, 1.165) is 5.56 Å². The van der Waals surface area contributed by atoms with Crippen molar-refractivity contribution in [2.75, 3.05) is 13.2 Å². The Morgan fingerprint density at radius 3 is 2.81 bits per heavy atom. The van der Waals surface area contributed by atoms with Crippen LogP contribution in [0.3, 0.4) is 0 Å². The summed E-state index contributed by atoms with van der Waals surface area (Å²) in [5, 5.41) is 2.65. The van der Waals surface area contributed by atoms with E-state index in [1.54, 1.807) is 6.92 Å². The molecule has 1 aromatic carbocycles. The van der Waals surface area contributed by atoms with Crippen molar-refractivity contribution in [2.24, 2.45) is 0 Å². The van der Waals surface area contributed by atoms with Gasteiger partial charge in [-0.25, -0.2) is 9.59 Å². The van der Waals surface area contributed by atoms with Gasteiger partial charge in [0, 0.05) is 19.2 Å². The Kier molecular flexibility index (Phi) is 6.08. The first-order valence-electron chi connectivity index (χ1n) is 8.90. The molecule has 1 N–H and O–H groups in total. The molecule has 1 saturated heterocycles. The maximum Gasteiger partial charge on any atom is 0.410 e. The lowest BCUT2D eigenvalue weighted by Gasteiger charge is -2.24. The highest BCUT2D eigenvalue weighted by Crippen LogP contribution is 2.21. The molecule has 27 heavy (non-hydrogen) atoms. The Bertz CT molecular complexity index is 733. The zero-order valence-electron chi connectivity index (χ0n) is 15.1. The van der Waals surface area contributed by atoms with Gasteiger partial charge in [0.2, 0.25) is 12.2 Å². The van der Waals surface area contributed by atoms with E-state index in [1.807, 2.05) is 30.3 Å². The Balaban J connectivity index is 1.58. The van der Waals surface area contributed by atoms with Crippen LogP contribution >= 0.6 is 0 Å². The smallest absolute Gasteiger partial charge is 0.410 e. The maximum atomic E-state index is 12.6. The first-order valence-corrected chi connectivity index (χ1v) is 8.90. The Morgan fingerprint density at radius 2 is 2.07 bits per heavy atom. The molecule has 0 bridgehead atoms. The van der Waals surface area contributed by atoms with Crippen molar-refractivity contribution in [3.63, 3.8) is 0 Å². The molecule has 2 atom stereocenters. The number of nitrogens with zero attached hydrogens (tertiary/aromatic N) is 1. The number of hydrogen-bond donors (Lipinski definition) is 1.